The summed E-state index contributed by atoms with van der Waals surface area (Å²) >= 11 is 0. The number of fused-ring (bicyclic) bond motifs is 1. The maximum Gasteiger partial charge on any atom is 0.408 e. The van der Waals surface area contributed by atoms with Crippen molar-refractivity contribution in [2.24, 2.45) is 5.92 Å². The zero-order valence-electron chi connectivity index (χ0n) is 34.1. The molecule has 316 valence electrons. The standard InChI is InChI=1S/C41H56N6O11/c1-25(2)22-29(44-39(52)55-24-27-12-9-8-10-13-27)36(50)43-20-11-19-42-31(37(51)45(5)6)32(49)33-34-35(58-41(3,4)57-34)38(56-33)46-21-18-30(48)47(40(46)53)23-26-14-16-28(54-7)17-15-26/h8-10,12-18,21,25,29,31-35,38,42,49H,11,19-20,22-24H2,1-7H3,(H,43,50)(H,44,52)/t29-,31-,32+,33+,34+,35+,38+/m0/s1. The molecule has 2 fully saturated rings. The van der Waals surface area contributed by atoms with Crippen LogP contribution in [0, 0.1) is 5.92 Å². The number of rotatable bonds is 18. The molecule has 0 unspecified atom stereocenters. The average Bonchev–Trinajstić information content (AvgIpc) is 3.69. The molecule has 58 heavy (non-hydrogen) atoms. The smallest absolute Gasteiger partial charge is 0.408 e. The highest BCUT2D eigenvalue weighted by molar-refractivity contribution is 5.85. The number of hydrogen-bond acceptors (Lipinski definition) is 12. The van der Waals surface area contributed by atoms with Crippen LogP contribution in [0.15, 0.2) is 76.4 Å². The van der Waals surface area contributed by atoms with Crippen LogP contribution in [0.4, 0.5) is 4.79 Å². The van der Waals surface area contributed by atoms with Gasteiger partial charge in [0.2, 0.25) is 11.8 Å². The highest BCUT2D eigenvalue weighted by atomic mass is 16.8. The number of carbonyl (C=O) groups is 3. The Balaban J connectivity index is 1.24. The molecule has 3 aromatic rings. The summed E-state index contributed by atoms with van der Waals surface area (Å²) in [6.45, 7) is 7.73. The maximum atomic E-state index is 13.9. The summed E-state index contributed by atoms with van der Waals surface area (Å²) in [4.78, 5) is 67.4. The van der Waals surface area contributed by atoms with Crippen LogP contribution in [0.2, 0.25) is 0 Å². The molecule has 0 spiro atoms. The van der Waals surface area contributed by atoms with E-state index in [9.17, 15) is 29.1 Å². The summed E-state index contributed by atoms with van der Waals surface area (Å²) in [6.07, 6.45) is -4.15. The lowest BCUT2D eigenvalue weighted by Crippen LogP contribution is -2.57. The third-order valence-electron chi connectivity index (χ3n) is 9.86. The van der Waals surface area contributed by atoms with Crippen molar-refractivity contribution in [1.29, 1.82) is 0 Å². The Morgan fingerprint density at radius 1 is 0.948 bits per heavy atom. The first kappa shape index (κ1) is 44.0. The molecule has 3 amide bonds. The van der Waals surface area contributed by atoms with Crippen molar-refractivity contribution < 1.29 is 43.2 Å². The topological polar surface area (TPSA) is 201 Å². The first-order valence-electron chi connectivity index (χ1n) is 19.4. The summed E-state index contributed by atoms with van der Waals surface area (Å²) in [5.74, 6) is -1.21. The molecule has 4 N–H and O–H groups in total. The summed E-state index contributed by atoms with van der Waals surface area (Å²) < 4.78 is 31.6. The van der Waals surface area contributed by atoms with Gasteiger partial charge in [-0.3, -0.25) is 23.5 Å². The number of amides is 3. The van der Waals surface area contributed by atoms with Gasteiger partial charge in [0.15, 0.2) is 12.0 Å². The zero-order valence-corrected chi connectivity index (χ0v) is 34.1. The molecule has 5 rings (SSSR count). The largest absolute Gasteiger partial charge is 0.497 e. The van der Waals surface area contributed by atoms with E-state index in [0.29, 0.717) is 24.2 Å². The van der Waals surface area contributed by atoms with Crippen LogP contribution in [0.3, 0.4) is 0 Å². The second kappa shape index (κ2) is 19.6. The second-order valence-electron chi connectivity index (χ2n) is 15.5. The van der Waals surface area contributed by atoms with Gasteiger partial charge in [0.05, 0.1) is 13.7 Å². The Morgan fingerprint density at radius 2 is 1.64 bits per heavy atom. The van der Waals surface area contributed by atoms with Crippen molar-refractivity contribution in [2.45, 2.75) is 102 Å². The summed E-state index contributed by atoms with van der Waals surface area (Å²) in [5, 5.41) is 20.5. The number of ether oxygens (including phenoxy) is 5. The van der Waals surface area contributed by atoms with E-state index in [1.54, 1.807) is 59.3 Å². The minimum absolute atomic E-state index is 0.0157. The van der Waals surface area contributed by atoms with E-state index >= 15 is 0 Å². The van der Waals surface area contributed by atoms with Gasteiger partial charge in [-0.2, -0.15) is 0 Å². The quantitative estimate of drug-likeness (QED) is 0.136. The first-order chi connectivity index (χ1) is 27.6. The number of nitrogens with one attached hydrogen (secondary N) is 3. The molecule has 0 saturated carbocycles. The van der Waals surface area contributed by atoms with Crippen LogP contribution in [-0.2, 0) is 41.7 Å². The monoisotopic (exact) mass is 808 g/mol. The molecule has 2 aliphatic rings. The summed E-state index contributed by atoms with van der Waals surface area (Å²) in [7, 11) is 4.66. The fourth-order valence-electron chi connectivity index (χ4n) is 7.00. The van der Waals surface area contributed by atoms with Crippen LogP contribution in [-0.4, -0.2) is 114 Å². The van der Waals surface area contributed by atoms with Gasteiger partial charge in [-0.25, -0.2) is 9.59 Å². The Kier molecular flexibility index (Phi) is 14.9. The van der Waals surface area contributed by atoms with Crippen LogP contribution in [0.25, 0.3) is 0 Å². The summed E-state index contributed by atoms with van der Waals surface area (Å²) in [5.41, 5.74) is 0.335. The summed E-state index contributed by atoms with van der Waals surface area (Å²) in [6, 6.07) is 15.4. The molecule has 1 aromatic heterocycles. The van der Waals surface area contributed by atoms with E-state index in [1.807, 2.05) is 44.2 Å². The van der Waals surface area contributed by atoms with Crippen molar-refractivity contribution in [2.75, 3.05) is 34.3 Å². The van der Waals surface area contributed by atoms with Gasteiger partial charge in [0.1, 0.15) is 48.9 Å². The predicted octanol–water partition coefficient (Wildman–Crippen LogP) is 1.74. The number of aromatic nitrogens is 2. The Bertz CT molecular complexity index is 1970. The number of aliphatic hydroxyl groups is 1. The van der Waals surface area contributed by atoms with Gasteiger partial charge in [-0.1, -0.05) is 56.3 Å². The lowest BCUT2D eigenvalue weighted by atomic mass is 9.98. The van der Waals surface area contributed by atoms with E-state index in [0.717, 1.165) is 10.1 Å². The molecule has 17 nitrogen and oxygen atoms in total. The molecule has 0 bridgehead atoms. The third-order valence-corrected chi connectivity index (χ3v) is 9.86. The average molecular weight is 809 g/mol. The third kappa shape index (κ3) is 11.1. The van der Waals surface area contributed by atoms with Crippen molar-refractivity contribution in [3.8, 4) is 5.75 Å². The molecule has 2 aliphatic heterocycles. The molecule has 7 atom stereocenters. The fourth-order valence-corrected chi connectivity index (χ4v) is 7.00. The van der Waals surface area contributed by atoms with Crippen LogP contribution in [0.1, 0.15) is 57.9 Å². The van der Waals surface area contributed by atoms with Gasteiger partial charge in [-0.15, -0.1) is 0 Å². The van der Waals surface area contributed by atoms with Gasteiger partial charge < -0.3 is 49.6 Å². The SMILES string of the molecule is COc1ccc(Cn2c(=O)ccn([C@@H]3O[C@H]([C@H](O)[C@H](NCCCNC(=O)[C@H](CC(C)C)NC(=O)OCc4ccccc4)C(=O)N(C)C)[C@H]4OC(C)(C)O[C@H]43)c2=O)cc1. The van der Waals surface area contributed by atoms with E-state index in [4.69, 9.17) is 23.7 Å². The molecular formula is C41H56N6O11. The lowest BCUT2D eigenvalue weighted by molar-refractivity contribution is -0.210. The Hall–Kier alpha value is -5.07. The molecule has 0 radical (unpaired) electrons. The lowest BCUT2D eigenvalue weighted by Gasteiger charge is -2.32. The van der Waals surface area contributed by atoms with Crippen LogP contribution in [0.5, 0.6) is 5.75 Å². The minimum Gasteiger partial charge on any atom is -0.497 e. The molecule has 3 heterocycles. The van der Waals surface area contributed by atoms with Crippen LogP contribution >= 0.6 is 0 Å². The van der Waals surface area contributed by atoms with E-state index in [1.165, 1.54) is 21.7 Å². The number of carbonyl (C=O) groups excluding carboxylic acids is 3. The predicted molar refractivity (Wildman–Crippen MR) is 212 cm³/mol. The highest BCUT2D eigenvalue weighted by Gasteiger charge is 2.59. The van der Waals surface area contributed by atoms with Gasteiger partial charge in [0, 0.05) is 32.9 Å². The van der Waals surface area contributed by atoms with Gasteiger partial charge in [0.25, 0.3) is 5.56 Å². The first-order valence-corrected chi connectivity index (χ1v) is 19.4. The van der Waals surface area contributed by atoms with Gasteiger partial charge >= 0.3 is 11.8 Å². The Morgan fingerprint density at radius 3 is 2.29 bits per heavy atom. The van der Waals surface area contributed by atoms with Gasteiger partial charge in [-0.05, 0) is 62.4 Å². The molecular weight excluding hydrogens is 752 g/mol. The number of alkyl carbamates (subject to hydrolysis) is 1. The van der Waals surface area contributed by atoms with E-state index in [-0.39, 0.29) is 38.1 Å². The fraction of sp³-hybridized carbons (Fsp3) is 0.537. The van der Waals surface area contributed by atoms with Crippen molar-refractivity contribution in [3.05, 3.63) is 98.8 Å². The second-order valence-corrected chi connectivity index (χ2v) is 15.5. The van der Waals surface area contributed by atoms with E-state index in [2.05, 4.69) is 16.0 Å². The number of aliphatic hydroxyl groups excluding tert-OH is 1. The normalized spacial score (nSPS) is 21.1. The number of methoxy groups -OCH3 is 1. The van der Waals surface area contributed by atoms with Crippen molar-refractivity contribution in [3.63, 3.8) is 0 Å². The molecule has 2 saturated heterocycles. The van der Waals surface area contributed by atoms with Crippen molar-refractivity contribution >= 4 is 17.9 Å². The number of benzene rings is 2. The van der Waals surface area contributed by atoms with Crippen LogP contribution < -0.4 is 31.9 Å². The Labute approximate surface area is 337 Å². The van der Waals surface area contributed by atoms with Crippen molar-refractivity contribution in [1.82, 2.24) is 30.0 Å². The molecule has 2 aromatic carbocycles. The number of likely N-dealkylation sites (N-methyl/N-ethyl adjacent to an activating group) is 1. The highest BCUT2D eigenvalue weighted by Crippen LogP contribution is 2.44. The number of hydrogen-bond donors (Lipinski definition) is 4. The maximum absolute atomic E-state index is 13.9. The van der Waals surface area contributed by atoms with E-state index < -0.39 is 71.8 Å². The number of nitrogens with zero attached hydrogens (tertiary/aromatic N) is 3. The zero-order chi connectivity index (χ0) is 42.1. The minimum atomic E-state index is -1.48. The molecule has 0 aliphatic carbocycles. The molecule has 17 heteroatoms.